The molecule has 118 valence electrons. The second-order valence-electron chi connectivity index (χ2n) is 6.39. The van der Waals surface area contributed by atoms with Crippen molar-refractivity contribution >= 4 is 17.7 Å². The van der Waals surface area contributed by atoms with Gasteiger partial charge in [0.15, 0.2) is 0 Å². The van der Waals surface area contributed by atoms with E-state index in [1.54, 1.807) is 0 Å². The lowest BCUT2D eigenvalue weighted by Crippen LogP contribution is -2.45. The Morgan fingerprint density at radius 2 is 2.23 bits per heavy atom. The van der Waals surface area contributed by atoms with Gasteiger partial charge >= 0.3 is 0 Å². The van der Waals surface area contributed by atoms with E-state index in [4.69, 9.17) is 10.7 Å². The van der Waals surface area contributed by atoms with Crippen LogP contribution < -0.4 is 21.7 Å². The van der Waals surface area contributed by atoms with Gasteiger partial charge in [0.25, 0.3) is 0 Å². The Labute approximate surface area is 131 Å². The Hall–Kier alpha value is -2.04. The molecule has 0 bridgehead atoms. The number of dihydropyridines is 1. The van der Waals surface area contributed by atoms with Gasteiger partial charge in [-0.3, -0.25) is 4.99 Å². The lowest BCUT2D eigenvalue weighted by Gasteiger charge is -2.19. The zero-order valence-corrected chi connectivity index (χ0v) is 13.7. The highest BCUT2D eigenvalue weighted by Crippen LogP contribution is 2.16. The SMILES string of the molecule is CCCCc1nc2c(n1CC(C)C)=C1N=CCC=C1NC=2N. The number of hydrogen-bond acceptors (Lipinski definition) is 4. The lowest BCUT2D eigenvalue weighted by molar-refractivity contribution is 0.494. The molecule has 2 aliphatic heterocycles. The largest absolute Gasteiger partial charge is 0.383 e. The summed E-state index contributed by atoms with van der Waals surface area (Å²) in [5.74, 6) is 2.32. The van der Waals surface area contributed by atoms with Crippen molar-refractivity contribution in [2.45, 2.75) is 53.0 Å². The highest BCUT2D eigenvalue weighted by atomic mass is 15.1. The maximum absolute atomic E-state index is 6.22. The molecular formula is C17H25N5. The van der Waals surface area contributed by atoms with E-state index in [2.05, 4.69) is 41.7 Å². The van der Waals surface area contributed by atoms with Gasteiger partial charge < -0.3 is 15.6 Å². The number of imidazole rings is 1. The van der Waals surface area contributed by atoms with Gasteiger partial charge in [-0.05, 0) is 12.3 Å². The van der Waals surface area contributed by atoms with E-state index < -0.39 is 0 Å². The summed E-state index contributed by atoms with van der Waals surface area (Å²) in [6.07, 6.45) is 8.22. The number of nitrogens with one attached hydrogen (secondary N) is 1. The Morgan fingerprint density at radius 1 is 1.41 bits per heavy atom. The number of rotatable bonds is 5. The van der Waals surface area contributed by atoms with Gasteiger partial charge in [0.2, 0.25) is 0 Å². The van der Waals surface area contributed by atoms with Crippen LogP contribution in [0.3, 0.4) is 0 Å². The fourth-order valence-corrected chi connectivity index (χ4v) is 3.00. The standard InChI is InChI=1S/C17H25N5/c1-4-5-8-13-21-15-16(22(13)10-11(2)3)14-12(20-17(15)18)7-6-9-19-14/h7,9,11,20H,4-6,8,10,18H2,1-3H3. The highest BCUT2D eigenvalue weighted by Gasteiger charge is 2.21. The Morgan fingerprint density at radius 3 is 2.95 bits per heavy atom. The number of aromatic nitrogens is 2. The lowest BCUT2D eigenvalue weighted by atomic mass is 10.1. The minimum atomic E-state index is 0.551. The van der Waals surface area contributed by atoms with E-state index in [9.17, 15) is 0 Å². The molecule has 5 heteroatoms. The normalized spacial score (nSPS) is 16.5. The maximum atomic E-state index is 6.22. The fourth-order valence-electron chi connectivity index (χ4n) is 3.00. The summed E-state index contributed by atoms with van der Waals surface area (Å²) in [5, 5.41) is 5.19. The number of allylic oxidation sites excluding steroid dienone is 1. The van der Waals surface area contributed by atoms with Crippen LogP contribution in [0.2, 0.25) is 0 Å². The van der Waals surface area contributed by atoms with Crippen molar-refractivity contribution in [2.75, 3.05) is 0 Å². The molecule has 0 aliphatic carbocycles. The fraction of sp³-hybridized carbons (Fsp3) is 0.529. The summed E-state index contributed by atoms with van der Waals surface area (Å²) in [6.45, 7) is 7.62. The summed E-state index contributed by atoms with van der Waals surface area (Å²) in [5.41, 5.74) is 8.21. The molecule has 0 saturated heterocycles. The first kappa shape index (κ1) is 14.9. The number of aryl methyl sites for hydroxylation is 1. The van der Waals surface area contributed by atoms with E-state index in [-0.39, 0.29) is 0 Å². The van der Waals surface area contributed by atoms with Gasteiger partial charge in [-0.15, -0.1) is 0 Å². The molecule has 1 aromatic heterocycles. The Kier molecular flexibility index (Phi) is 4.05. The number of nitrogens with two attached hydrogens (primary N) is 1. The maximum Gasteiger partial charge on any atom is 0.131 e. The molecule has 3 N–H and O–H groups in total. The molecule has 22 heavy (non-hydrogen) atoms. The van der Waals surface area contributed by atoms with Crippen molar-refractivity contribution in [2.24, 2.45) is 16.6 Å². The van der Waals surface area contributed by atoms with Crippen molar-refractivity contribution in [3.05, 3.63) is 28.3 Å². The van der Waals surface area contributed by atoms with E-state index in [0.29, 0.717) is 11.7 Å². The summed E-state index contributed by atoms with van der Waals surface area (Å²) >= 11 is 0. The third kappa shape index (κ3) is 2.56. The molecule has 0 fully saturated rings. The number of hydrogen-bond donors (Lipinski definition) is 2. The van der Waals surface area contributed by atoms with Crippen LogP contribution in [0.15, 0.2) is 16.8 Å². The number of aliphatic imine (C=N–C) groups is 1. The van der Waals surface area contributed by atoms with Crippen LogP contribution in [0, 0.1) is 5.92 Å². The topological polar surface area (TPSA) is 68.2 Å². The molecule has 0 atom stereocenters. The minimum Gasteiger partial charge on any atom is -0.383 e. The van der Waals surface area contributed by atoms with Gasteiger partial charge in [0.05, 0.1) is 5.70 Å². The molecule has 1 aromatic rings. The molecule has 0 unspecified atom stereocenters. The summed E-state index contributed by atoms with van der Waals surface area (Å²) < 4.78 is 2.33. The number of unbranched alkanes of at least 4 members (excludes halogenated alkanes) is 1. The van der Waals surface area contributed by atoms with Crippen LogP contribution in [-0.4, -0.2) is 15.8 Å². The zero-order chi connectivity index (χ0) is 15.7. The van der Waals surface area contributed by atoms with Crippen LogP contribution in [0.4, 0.5) is 0 Å². The van der Waals surface area contributed by atoms with E-state index in [1.807, 2.05) is 6.21 Å². The van der Waals surface area contributed by atoms with Crippen LogP contribution in [0.25, 0.3) is 11.5 Å². The second-order valence-corrected chi connectivity index (χ2v) is 6.39. The monoisotopic (exact) mass is 299 g/mol. The third-order valence-corrected chi connectivity index (χ3v) is 4.00. The first-order chi connectivity index (χ1) is 10.6. The summed E-state index contributed by atoms with van der Waals surface area (Å²) in [7, 11) is 0. The Balaban J connectivity index is 2.27. The first-order valence-electron chi connectivity index (χ1n) is 8.21. The molecule has 0 aromatic carbocycles. The average molecular weight is 299 g/mol. The van der Waals surface area contributed by atoms with Gasteiger partial charge in [-0.1, -0.05) is 33.3 Å². The number of nitrogens with zero attached hydrogens (tertiary/aromatic N) is 3. The smallest absolute Gasteiger partial charge is 0.131 e. The van der Waals surface area contributed by atoms with Gasteiger partial charge in [-0.25, -0.2) is 4.98 Å². The molecule has 2 aliphatic rings. The molecule has 3 rings (SSSR count). The van der Waals surface area contributed by atoms with Crippen molar-refractivity contribution < 1.29 is 0 Å². The molecule has 0 spiro atoms. The van der Waals surface area contributed by atoms with Crippen LogP contribution in [-0.2, 0) is 13.0 Å². The zero-order valence-electron chi connectivity index (χ0n) is 13.7. The van der Waals surface area contributed by atoms with Crippen LogP contribution in [0.5, 0.6) is 0 Å². The molecule has 3 heterocycles. The molecule has 0 amide bonds. The van der Waals surface area contributed by atoms with E-state index in [0.717, 1.165) is 60.1 Å². The molecular weight excluding hydrogens is 274 g/mol. The van der Waals surface area contributed by atoms with Gasteiger partial charge in [0, 0.05) is 25.6 Å². The predicted octanol–water partition coefficient (Wildman–Crippen LogP) is 0.976. The van der Waals surface area contributed by atoms with Crippen LogP contribution in [0.1, 0.15) is 45.9 Å². The first-order valence-corrected chi connectivity index (χ1v) is 8.21. The summed E-state index contributed by atoms with van der Waals surface area (Å²) in [4.78, 5) is 9.45. The van der Waals surface area contributed by atoms with Crippen molar-refractivity contribution in [3.8, 4) is 0 Å². The number of fused-ring (bicyclic) bond motifs is 2. The summed E-state index contributed by atoms with van der Waals surface area (Å²) in [6, 6.07) is 0. The molecule has 0 saturated carbocycles. The van der Waals surface area contributed by atoms with E-state index >= 15 is 0 Å². The van der Waals surface area contributed by atoms with Gasteiger partial charge in [0.1, 0.15) is 28.0 Å². The van der Waals surface area contributed by atoms with E-state index in [1.165, 1.54) is 0 Å². The quantitative estimate of drug-likeness (QED) is 0.851. The van der Waals surface area contributed by atoms with Gasteiger partial charge in [-0.2, -0.15) is 0 Å². The predicted molar refractivity (Wildman–Crippen MR) is 90.3 cm³/mol. The van der Waals surface area contributed by atoms with Crippen molar-refractivity contribution in [3.63, 3.8) is 0 Å². The van der Waals surface area contributed by atoms with Crippen molar-refractivity contribution in [1.29, 1.82) is 0 Å². The third-order valence-electron chi connectivity index (χ3n) is 4.00. The minimum absolute atomic E-state index is 0.551. The highest BCUT2D eigenvalue weighted by molar-refractivity contribution is 5.79. The average Bonchev–Trinajstić information content (AvgIpc) is 2.84. The van der Waals surface area contributed by atoms with Crippen LogP contribution >= 0.6 is 0 Å². The molecule has 0 radical (unpaired) electrons. The molecule has 5 nitrogen and oxygen atoms in total. The Bertz CT molecular complexity index is 749. The van der Waals surface area contributed by atoms with Crippen molar-refractivity contribution in [1.82, 2.24) is 14.9 Å². The second kappa shape index (κ2) is 5.99.